The van der Waals surface area contributed by atoms with Crippen molar-refractivity contribution in [3.05, 3.63) is 35.4 Å². The van der Waals surface area contributed by atoms with Gasteiger partial charge in [-0.15, -0.1) is 24.8 Å². The molecule has 2 heterocycles. The molecule has 2 aliphatic heterocycles. The Hall–Kier alpha value is -0.810. The molecule has 4 nitrogen and oxygen atoms in total. The molecule has 1 aromatic rings. The van der Waals surface area contributed by atoms with Crippen LogP contribution in [0.1, 0.15) is 43.2 Å². The zero-order valence-corrected chi connectivity index (χ0v) is 16.6. The van der Waals surface area contributed by atoms with Gasteiger partial charge < -0.3 is 10.6 Å². The highest BCUT2D eigenvalue weighted by Gasteiger charge is 2.25. The Morgan fingerprint density at radius 3 is 2.52 bits per heavy atom. The first-order chi connectivity index (χ1) is 11.2. The molecule has 2 aliphatic rings. The summed E-state index contributed by atoms with van der Waals surface area (Å²) in [6, 6.07) is 9.00. The number of rotatable bonds is 4. The fourth-order valence-corrected chi connectivity index (χ4v) is 3.64. The van der Waals surface area contributed by atoms with Crippen molar-refractivity contribution in [2.45, 2.75) is 57.7 Å². The number of benzene rings is 1. The lowest BCUT2D eigenvalue weighted by atomic mass is 10.0. The molecule has 0 bridgehead atoms. The maximum absolute atomic E-state index is 12.3. The lowest BCUT2D eigenvalue weighted by Crippen LogP contribution is -2.52. The molecule has 0 spiro atoms. The number of nitrogens with one attached hydrogen (secondary N) is 2. The van der Waals surface area contributed by atoms with Crippen molar-refractivity contribution < 1.29 is 4.79 Å². The van der Waals surface area contributed by atoms with Gasteiger partial charge in [0.2, 0.25) is 5.91 Å². The van der Waals surface area contributed by atoms with E-state index in [4.69, 9.17) is 0 Å². The Bertz CT molecular complexity index is 527. The quantitative estimate of drug-likeness (QED) is 0.833. The number of likely N-dealkylation sites (tertiary alicyclic amines) is 1. The summed E-state index contributed by atoms with van der Waals surface area (Å²) in [7, 11) is 0. The molecule has 2 N–H and O–H groups in total. The fourth-order valence-electron chi connectivity index (χ4n) is 3.64. The van der Waals surface area contributed by atoms with Crippen molar-refractivity contribution in [3.63, 3.8) is 0 Å². The van der Waals surface area contributed by atoms with Gasteiger partial charge in [0, 0.05) is 25.7 Å². The number of carbonyl (C=O) groups excluding carboxylic acids is 1. The topological polar surface area (TPSA) is 44.4 Å². The summed E-state index contributed by atoms with van der Waals surface area (Å²) in [5.74, 6) is 0.210. The smallest absolute Gasteiger partial charge is 0.237 e. The van der Waals surface area contributed by atoms with E-state index in [0.29, 0.717) is 6.04 Å². The molecule has 0 aliphatic carbocycles. The molecule has 6 heteroatoms. The van der Waals surface area contributed by atoms with Gasteiger partial charge in [0.25, 0.3) is 0 Å². The van der Waals surface area contributed by atoms with Crippen LogP contribution in [0.25, 0.3) is 0 Å². The lowest BCUT2D eigenvalue weighted by Gasteiger charge is -2.34. The van der Waals surface area contributed by atoms with Crippen molar-refractivity contribution in [1.82, 2.24) is 15.5 Å². The molecular weight excluding hydrogens is 357 g/mol. The molecule has 1 amide bonds. The van der Waals surface area contributed by atoms with Crippen LogP contribution in [-0.4, -0.2) is 42.5 Å². The largest absolute Gasteiger partial charge is 0.352 e. The standard InChI is InChI=1S/C19H29N3O.2ClH/c1-15-6-2-3-7-16(15)14-22-12-9-17(10-13-22)21-19(23)18-8-4-5-11-20-18;;/h2-3,6-7,17-18,20H,4-5,8-14H2,1H3,(H,21,23);2*1H. The monoisotopic (exact) mass is 387 g/mol. The summed E-state index contributed by atoms with van der Waals surface area (Å²) in [6.45, 7) is 6.32. The first-order valence-electron chi connectivity index (χ1n) is 9.03. The second kappa shape index (κ2) is 11.0. The van der Waals surface area contributed by atoms with Gasteiger partial charge in [0.15, 0.2) is 0 Å². The minimum absolute atomic E-state index is 0. The third-order valence-electron chi connectivity index (χ3n) is 5.22. The predicted molar refractivity (Wildman–Crippen MR) is 108 cm³/mol. The van der Waals surface area contributed by atoms with E-state index < -0.39 is 0 Å². The molecule has 0 saturated carbocycles. The number of hydrogen-bond acceptors (Lipinski definition) is 3. The highest BCUT2D eigenvalue weighted by atomic mass is 35.5. The molecular formula is C19H31Cl2N3O. The number of halogens is 2. The Kier molecular flexibility index (Phi) is 9.80. The van der Waals surface area contributed by atoms with Gasteiger partial charge in [0.1, 0.15) is 0 Å². The summed E-state index contributed by atoms with van der Waals surface area (Å²) in [5, 5.41) is 6.59. The zero-order chi connectivity index (χ0) is 16.1. The minimum atomic E-state index is 0. The Morgan fingerprint density at radius 1 is 1.16 bits per heavy atom. The van der Waals surface area contributed by atoms with Gasteiger partial charge in [-0.05, 0) is 50.3 Å². The third kappa shape index (κ3) is 6.45. The summed E-state index contributed by atoms with van der Waals surface area (Å²) < 4.78 is 0. The third-order valence-corrected chi connectivity index (χ3v) is 5.22. The number of carbonyl (C=O) groups is 1. The van der Waals surface area contributed by atoms with Crippen LogP contribution in [0.2, 0.25) is 0 Å². The first kappa shape index (κ1) is 22.2. The summed E-state index contributed by atoms with van der Waals surface area (Å²) in [6.07, 6.45) is 5.47. The number of aryl methyl sites for hydroxylation is 1. The van der Waals surface area contributed by atoms with E-state index in [1.165, 1.54) is 24.0 Å². The average molecular weight is 388 g/mol. The molecule has 1 atom stereocenters. The van der Waals surface area contributed by atoms with E-state index in [9.17, 15) is 4.79 Å². The van der Waals surface area contributed by atoms with Crippen molar-refractivity contribution in [2.24, 2.45) is 0 Å². The normalized spacial score (nSPS) is 21.7. The number of piperidine rings is 2. The van der Waals surface area contributed by atoms with Gasteiger partial charge in [-0.1, -0.05) is 30.7 Å². The van der Waals surface area contributed by atoms with Gasteiger partial charge in [-0.3, -0.25) is 9.69 Å². The van der Waals surface area contributed by atoms with Crippen LogP contribution in [0.4, 0.5) is 0 Å². The highest BCUT2D eigenvalue weighted by Crippen LogP contribution is 2.16. The van der Waals surface area contributed by atoms with Crippen LogP contribution in [-0.2, 0) is 11.3 Å². The van der Waals surface area contributed by atoms with E-state index >= 15 is 0 Å². The molecule has 0 aromatic heterocycles. The summed E-state index contributed by atoms with van der Waals surface area (Å²) in [5.41, 5.74) is 2.78. The summed E-state index contributed by atoms with van der Waals surface area (Å²) in [4.78, 5) is 14.8. The molecule has 1 unspecified atom stereocenters. The maximum Gasteiger partial charge on any atom is 0.237 e. The maximum atomic E-state index is 12.3. The number of amides is 1. The van der Waals surface area contributed by atoms with Crippen molar-refractivity contribution in [2.75, 3.05) is 19.6 Å². The van der Waals surface area contributed by atoms with Crippen LogP contribution in [0, 0.1) is 6.92 Å². The van der Waals surface area contributed by atoms with Crippen LogP contribution in [0.5, 0.6) is 0 Å². The number of nitrogens with zero attached hydrogens (tertiary/aromatic N) is 1. The first-order valence-corrected chi connectivity index (χ1v) is 9.03. The minimum Gasteiger partial charge on any atom is -0.352 e. The molecule has 2 fully saturated rings. The van der Waals surface area contributed by atoms with Gasteiger partial charge in [-0.25, -0.2) is 0 Å². The SMILES string of the molecule is Cc1ccccc1CN1CCC(NC(=O)C2CCCCN2)CC1.Cl.Cl. The number of hydrogen-bond donors (Lipinski definition) is 2. The second-order valence-electron chi connectivity index (χ2n) is 6.99. The van der Waals surface area contributed by atoms with Crippen LogP contribution < -0.4 is 10.6 Å². The van der Waals surface area contributed by atoms with E-state index in [-0.39, 0.29) is 36.8 Å². The predicted octanol–water partition coefficient (Wildman–Crippen LogP) is 3.06. The van der Waals surface area contributed by atoms with Crippen LogP contribution in [0.15, 0.2) is 24.3 Å². The second-order valence-corrected chi connectivity index (χ2v) is 6.99. The van der Waals surface area contributed by atoms with E-state index in [1.54, 1.807) is 0 Å². The molecule has 2 saturated heterocycles. The van der Waals surface area contributed by atoms with Crippen molar-refractivity contribution in [3.8, 4) is 0 Å². The van der Waals surface area contributed by atoms with Gasteiger partial charge in [0.05, 0.1) is 6.04 Å². The average Bonchev–Trinajstić information content (AvgIpc) is 2.59. The fraction of sp³-hybridized carbons (Fsp3) is 0.632. The molecule has 0 radical (unpaired) electrons. The Balaban J connectivity index is 0.00000156. The van der Waals surface area contributed by atoms with Gasteiger partial charge >= 0.3 is 0 Å². The Labute approximate surface area is 163 Å². The molecule has 25 heavy (non-hydrogen) atoms. The Morgan fingerprint density at radius 2 is 1.88 bits per heavy atom. The molecule has 3 rings (SSSR count). The summed E-state index contributed by atoms with van der Waals surface area (Å²) >= 11 is 0. The lowest BCUT2D eigenvalue weighted by molar-refractivity contribution is -0.124. The van der Waals surface area contributed by atoms with E-state index in [0.717, 1.165) is 45.4 Å². The highest BCUT2D eigenvalue weighted by molar-refractivity contribution is 5.85. The van der Waals surface area contributed by atoms with Crippen LogP contribution >= 0.6 is 24.8 Å². The molecule has 1 aromatic carbocycles. The van der Waals surface area contributed by atoms with E-state index in [2.05, 4.69) is 46.7 Å². The van der Waals surface area contributed by atoms with Crippen LogP contribution in [0.3, 0.4) is 0 Å². The van der Waals surface area contributed by atoms with Gasteiger partial charge in [-0.2, -0.15) is 0 Å². The van der Waals surface area contributed by atoms with Crippen molar-refractivity contribution >= 4 is 30.7 Å². The zero-order valence-electron chi connectivity index (χ0n) is 15.0. The molecule has 142 valence electrons. The van der Waals surface area contributed by atoms with E-state index in [1.807, 2.05) is 0 Å². The van der Waals surface area contributed by atoms with Crippen molar-refractivity contribution in [1.29, 1.82) is 0 Å².